The first-order valence-electron chi connectivity index (χ1n) is 7.04. The number of hydrogen-bond acceptors (Lipinski definition) is 1. The van der Waals surface area contributed by atoms with Crippen LogP contribution in [0.25, 0.3) is 10.9 Å². The highest BCUT2D eigenvalue weighted by molar-refractivity contribution is 6.31. The fourth-order valence-electron chi connectivity index (χ4n) is 4.33. The van der Waals surface area contributed by atoms with E-state index in [-0.39, 0.29) is 5.41 Å². The number of halogens is 1. The Balaban J connectivity index is 2.06. The van der Waals surface area contributed by atoms with Crippen LogP contribution in [-0.4, -0.2) is 4.98 Å². The SMILES string of the molecule is CC12CCC(c3cc4ccc(Cl)cc4nc31)C2(C)C. The van der Waals surface area contributed by atoms with Gasteiger partial charge in [0.05, 0.1) is 11.2 Å². The van der Waals surface area contributed by atoms with Crippen LogP contribution in [0.4, 0.5) is 0 Å². The van der Waals surface area contributed by atoms with E-state index in [2.05, 4.69) is 32.9 Å². The van der Waals surface area contributed by atoms with Gasteiger partial charge in [0, 0.05) is 15.8 Å². The third-order valence-electron chi connectivity index (χ3n) is 5.93. The van der Waals surface area contributed by atoms with E-state index in [4.69, 9.17) is 16.6 Å². The molecular weight excluding hydrogens is 254 g/mol. The van der Waals surface area contributed by atoms with Crippen LogP contribution in [0.1, 0.15) is 50.8 Å². The quantitative estimate of drug-likeness (QED) is 0.652. The third-order valence-corrected chi connectivity index (χ3v) is 6.17. The Morgan fingerprint density at radius 2 is 2.00 bits per heavy atom. The van der Waals surface area contributed by atoms with Crippen molar-refractivity contribution in [3.63, 3.8) is 0 Å². The fraction of sp³-hybridized carbons (Fsp3) is 0.471. The Morgan fingerprint density at radius 3 is 2.79 bits per heavy atom. The molecule has 1 nitrogen and oxygen atoms in total. The lowest BCUT2D eigenvalue weighted by Gasteiger charge is -2.34. The molecule has 2 aliphatic carbocycles. The Morgan fingerprint density at radius 1 is 1.21 bits per heavy atom. The largest absolute Gasteiger partial charge is 0.252 e. The first-order chi connectivity index (χ1) is 8.93. The van der Waals surface area contributed by atoms with E-state index in [0.29, 0.717) is 11.3 Å². The standard InChI is InChI=1S/C17H18ClN/c1-16(2)13-6-7-17(16,3)15-12(13)8-10-4-5-11(18)9-14(10)19-15/h4-5,8-9,13H,6-7H2,1-3H3. The van der Waals surface area contributed by atoms with Gasteiger partial charge in [-0.3, -0.25) is 4.98 Å². The van der Waals surface area contributed by atoms with Crippen molar-refractivity contribution in [3.8, 4) is 0 Å². The molecule has 0 saturated heterocycles. The predicted octanol–water partition coefficient (Wildman–Crippen LogP) is 5.06. The summed E-state index contributed by atoms with van der Waals surface area (Å²) in [6, 6.07) is 8.38. The molecule has 0 aliphatic heterocycles. The van der Waals surface area contributed by atoms with Crippen molar-refractivity contribution >= 4 is 22.5 Å². The smallest absolute Gasteiger partial charge is 0.0720 e. The number of aromatic nitrogens is 1. The molecule has 0 spiro atoms. The predicted molar refractivity (Wildman–Crippen MR) is 79.9 cm³/mol. The van der Waals surface area contributed by atoms with Crippen molar-refractivity contribution in [2.75, 3.05) is 0 Å². The second-order valence-electron chi connectivity index (χ2n) is 6.91. The van der Waals surface area contributed by atoms with E-state index in [9.17, 15) is 0 Å². The third kappa shape index (κ3) is 1.25. The van der Waals surface area contributed by atoms with Crippen LogP contribution in [0.3, 0.4) is 0 Å². The minimum atomic E-state index is 0.226. The summed E-state index contributed by atoms with van der Waals surface area (Å²) in [5.74, 6) is 0.667. The maximum Gasteiger partial charge on any atom is 0.0720 e. The summed E-state index contributed by atoms with van der Waals surface area (Å²) >= 11 is 6.10. The normalized spacial score (nSPS) is 30.8. The Kier molecular flexibility index (Phi) is 2.05. The molecule has 0 radical (unpaired) electrons. The minimum absolute atomic E-state index is 0.226. The van der Waals surface area contributed by atoms with Gasteiger partial charge in [0.2, 0.25) is 0 Å². The second-order valence-corrected chi connectivity index (χ2v) is 7.34. The maximum atomic E-state index is 6.10. The highest BCUT2D eigenvalue weighted by Crippen LogP contribution is 2.67. The monoisotopic (exact) mass is 271 g/mol. The first kappa shape index (κ1) is 11.7. The van der Waals surface area contributed by atoms with Gasteiger partial charge in [-0.05, 0) is 47.9 Å². The molecular formula is C17H18ClN. The van der Waals surface area contributed by atoms with E-state index in [1.165, 1.54) is 29.5 Å². The van der Waals surface area contributed by atoms with Crippen LogP contribution in [-0.2, 0) is 5.41 Å². The molecule has 2 unspecified atom stereocenters. The van der Waals surface area contributed by atoms with Crippen molar-refractivity contribution in [1.82, 2.24) is 4.98 Å². The minimum Gasteiger partial charge on any atom is -0.252 e. The van der Waals surface area contributed by atoms with E-state index in [0.717, 1.165) is 10.5 Å². The lowest BCUT2D eigenvalue weighted by atomic mass is 9.70. The molecule has 1 aromatic heterocycles. The molecule has 0 amide bonds. The van der Waals surface area contributed by atoms with Crippen LogP contribution in [0, 0.1) is 5.41 Å². The summed E-state index contributed by atoms with van der Waals surface area (Å²) in [7, 11) is 0. The number of benzene rings is 1. The number of hydrogen-bond donors (Lipinski definition) is 0. The van der Waals surface area contributed by atoms with Gasteiger partial charge in [0.1, 0.15) is 0 Å². The summed E-state index contributed by atoms with van der Waals surface area (Å²) < 4.78 is 0. The summed E-state index contributed by atoms with van der Waals surface area (Å²) in [4.78, 5) is 4.98. The van der Waals surface area contributed by atoms with Gasteiger partial charge in [-0.25, -0.2) is 0 Å². The van der Waals surface area contributed by atoms with Crippen LogP contribution >= 0.6 is 11.6 Å². The molecule has 1 fully saturated rings. The van der Waals surface area contributed by atoms with Gasteiger partial charge in [-0.2, -0.15) is 0 Å². The molecule has 4 rings (SSSR count). The van der Waals surface area contributed by atoms with Crippen molar-refractivity contribution in [2.45, 2.75) is 44.9 Å². The zero-order valence-corrected chi connectivity index (χ0v) is 12.4. The Labute approximate surface area is 119 Å². The highest BCUT2D eigenvalue weighted by atomic mass is 35.5. The molecule has 2 aliphatic rings. The first-order valence-corrected chi connectivity index (χ1v) is 7.42. The van der Waals surface area contributed by atoms with Crippen molar-refractivity contribution < 1.29 is 0 Å². The topological polar surface area (TPSA) is 12.9 Å². The number of nitrogens with zero attached hydrogens (tertiary/aromatic N) is 1. The van der Waals surface area contributed by atoms with Crippen molar-refractivity contribution in [2.24, 2.45) is 5.41 Å². The second kappa shape index (κ2) is 3.32. The molecule has 2 aromatic rings. The average Bonchev–Trinajstić information content (AvgIpc) is 2.68. The number of fused-ring (bicyclic) bond motifs is 6. The molecule has 2 heteroatoms. The Hall–Kier alpha value is -1.08. The van der Waals surface area contributed by atoms with E-state index in [1.54, 1.807) is 0 Å². The summed E-state index contributed by atoms with van der Waals surface area (Å²) in [5, 5.41) is 1.99. The van der Waals surface area contributed by atoms with Crippen molar-refractivity contribution in [3.05, 3.63) is 40.5 Å². The molecule has 1 heterocycles. The summed E-state index contributed by atoms with van der Waals surface area (Å²) in [6.45, 7) is 7.20. The highest BCUT2D eigenvalue weighted by Gasteiger charge is 2.60. The Bertz CT molecular complexity index is 704. The van der Waals surface area contributed by atoms with Gasteiger partial charge in [-0.15, -0.1) is 0 Å². The number of rotatable bonds is 0. The summed E-state index contributed by atoms with van der Waals surface area (Å²) in [6.07, 6.45) is 2.56. The zero-order chi connectivity index (χ0) is 13.4. The molecule has 0 N–H and O–H groups in total. The van der Waals surface area contributed by atoms with E-state index >= 15 is 0 Å². The van der Waals surface area contributed by atoms with E-state index in [1.807, 2.05) is 12.1 Å². The lowest BCUT2D eigenvalue weighted by molar-refractivity contribution is 0.227. The fourth-order valence-corrected chi connectivity index (χ4v) is 4.50. The van der Waals surface area contributed by atoms with Gasteiger partial charge in [-0.1, -0.05) is 38.4 Å². The van der Waals surface area contributed by atoms with Gasteiger partial charge >= 0.3 is 0 Å². The lowest BCUT2D eigenvalue weighted by Crippen LogP contribution is -2.31. The molecule has 98 valence electrons. The molecule has 2 atom stereocenters. The van der Waals surface area contributed by atoms with Crippen LogP contribution in [0.2, 0.25) is 5.02 Å². The molecule has 2 bridgehead atoms. The molecule has 19 heavy (non-hydrogen) atoms. The van der Waals surface area contributed by atoms with Crippen molar-refractivity contribution in [1.29, 1.82) is 0 Å². The van der Waals surface area contributed by atoms with E-state index < -0.39 is 0 Å². The van der Waals surface area contributed by atoms with Gasteiger partial charge < -0.3 is 0 Å². The molecule has 1 saturated carbocycles. The van der Waals surface area contributed by atoms with Gasteiger partial charge in [0.25, 0.3) is 0 Å². The summed E-state index contributed by atoms with van der Waals surface area (Å²) in [5.41, 5.74) is 4.39. The van der Waals surface area contributed by atoms with Gasteiger partial charge in [0.15, 0.2) is 0 Å². The van der Waals surface area contributed by atoms with Crippen LogP contribution in [0.15, 0.2) is 24.3 Å². The maximum absolute atomic E-state index is 6.10. The molecule has 1 aromatic carbocycles. The zero-order valence-electron chi connectivity index (χ0n) is 11.6. The average molecular weight is 272 g/mol. The van der Waals surface area contributed by atoms with Crippen LogP contribution < -0.4 is 0 Å². The van der Waals surface area contributed by atoms with Crippen LogP contribution in [0.5, 0.6) is 0 Å². The number of pyridine rings is 1.